The first-order valence-electron chi connectivity index (χ1n) is 7.03. The molecule has 0 N–H and O–H groups in total. The number of hydrogen-bond acceptors (Lipinski definition) is 0. The summed E-state index contributed by atoms with van der Waals surface area (Å²) in [6, 6.07) is 0. The smallest absolute Gasteiger partial charge is 0.250 e. The lowest BCUT2D eigenvalue weighted by Crippen LogP contribution is -2.88. The van der Waals surface area contributed by atoms with Gasteiger partial charge in [-0.2, -0.15) is 0 Å². The van der Waals surface area contributed by atoms with Gasteiger partial charge in [0.15, 0.2) is 5.41 Å². The van der Waals surface area contributed by atoms with Crippen molar-refractivity contribution in [2.75, 3.05) is 6.67 Å². The fourth-order valence-corrected chi connectivity index (χ4v) is 4.37. The minimum absolute atomic E-state index is 0.0570. The number of rotatable bonds is 1. The Morgan fingerprint density at radius 2 is 1.04 bits per heavy atom. The Balaban J connectivity index is 3.03. The van der Waals surface area contributed by atoms with E-state index >= 15 is 0 Å². The summed E-state index contributed by atoms with van der Waals surface area (Å²) >= 11 is 0. The summed E-state index contributed by atoms with van der Waals surface area (Å²) in [5, 5.41) is 0. The summed E-state index contributed by atoms with van der Waals surface area (Å²) in [7, 11) is 0. The zero-order valence-electron chi connectivity index (χ0n) is 13.2. The molecule has 0 amide bonds. The highest BCUT2D eigenvalue weighted by Crippen LogP contribution is 2.82. The Hall–Kier alpha value is -0.700. The van der Waals surface area contributed by atoms with Crippen LogP contribution in [-0.4, -0.2) is 36.0 Å². The van der Waals surface area contributed by atoms with E-state index in [0.717, 1.165) is 0 Å². The van der Waals surface area contributed by atoms with E-state index in [1.54, 1.807) is 0 Å². The third-order valence-corrected chi connectivity index (χ3v) is 6.25. The number of alkyl halides is 10. The topological polar surface area (TPSA) is 0 Å². The molecule has 4 atom stereocenters. The average molecular weight is 374 g/mol. The molecule has 2 saturated carbocycles. The van der Waals surface area contributed by atoms with Crippen molar-refractivity contribution in [1.82, 2.24) is 0 Å². The zero-order chi connectivity index (χ0) is 19.4. The van der Waals surface area contributed by atoms with Crippen LogP contribution < -0.4 is 0 Å². The van der Waals surface area contributed by atoms with Crippen molar-refractivity contribution in [1.29, 1.82) is 0 Å². The summed E-state index contributed by atoms with van der Waals surface area (Å²) in [6.07, 6.45) is -1.87. The van der Waals surface area contributed by atoms with Gasteiger partial charge in [-0.15, -0.1) is 0 Å². The second kappa shape index (κ2) is 4.16. The molecule has 2 bridgehead atoms. The molecule has 0 aliphatic heterocycles. The van der Waals surface area contributed by atoms with Gasteiger partial charge in [0, 0.05) is 0 Å². The van der Waals surface area contributed by atoms with Crippen LogP contribution >= 0.6 is 0 Å². The van der Waals surface area contributed by atoms with Gasteiger partial charge in [-0.3, -0.25) is 4.39 Å². The fraction of sp³-hybridized carbons (Fsp3) is 1.00. The van der Waals surface area contributed by atoms with E-state index in [-0.39, 0.29) is 20.8 Å². The molecule has 0 radical (unpaired) electrons. The van der Waals surface area contributed by atoms with Crippen LogP contribution in [0.5, 0.6) is 0 Å². The molecule has 142 valence electrons. The molecule has 0 aromatic heterocycles. The van der Waals surface area contributed by atoms with Gasteiger partial charge >= 0.3 is 5.92 Å². The first-order chi connectivity index (χ1) is 10.3. The van der Waals surface area contributed by atoms with Crippen LogP contribution in [-0.2, 0) is 0 Å². The Bertz CT molecular complexity index is 558. The lowest BCUT2D eigenvalue weighted by atomic mass is 9.40. The van der Waals surface area contributed by atoms with Crippen LogP contribution in [0.2, 0.25) is 0 Å². The first-order valence-corrected chi connectivity index (χ1v) is 7.03. The third kappa shape index (κ3) is 1.36. The van der Waals surface area contributed by atoms with Crippen molar-refractivity contribution < 1.29 is 43.9 Å². The molecule has 4 unspecified atom stereocenters. The molecule has 2 fully saturated rings. The fourth-order valence-electron chi connectivity index (χ4n) is 4.37. The normalized spacial score (nSPS) is 51.2. The van der Waals surface area contributed by atoms with Crippen LogP contribution in [0.15, 0.2) is 0 Å². The van der Waals surface area contributed by atoms with E-state index < -0.39 is 58.7 Å². The zero-order valence-corrected chi connectivity index (χ0v) is 13.2. The number of fused-ring (bicyclic) bond motifs is 2. The molecule has 2 aliphatic carbocycles. The predicted molar refractivity (Wildman–Crippen MR) is 64.2 cm³/mol. The first kappa shape index (κ1) is 19.6. The minimum atomic E-state index is -5.84. The van der Waals surface area contributed by atoms with E-state index in [2.05, 4.69) is 0 Å². The maximum absolute atomic E-state index is 14.7. The van der Waals surface area contributed by atoms with Crippen molar-refractivity contribution in [2.24, 2.45) is 16.2 Å². The van der Waals surface area contributed by atoms with E-state index in [9.17, 15) is 43.9 Å². The average Bonchev–Trinajstić information content (AvgIpc) is 2.42. The van der Waals surface area contributed by atoms with Crippen molar-refractivity contribution in [3.8, 4) is 0 Å². The van der Waals surface area contributed by atoms with Crippen molar-refractivity contribution in [3.05, 3.63) is 0 Å². The molecule has 0 heterocycles. The quantitative estimate of drug-likeness (QED) is 0.520. The Morgan fingerprint density at radius 3 is 1.42 bits per heavy atom. The number of hydrogen-bond donors (Lipinski definition) is 0. The molecule has 0 aromatic rings. The second-order valence-corrected chi connectivity index (χ2v) is 7.63. The monoisotopic (exact) mass is 374 g/mol. The van der Waals surface area contributed by atoms with Crippen molar-refractivity contribution in [3.63, 3.8) is 0 Å². The summed E-state index contributed by atoms with van der Waals surface area (Å²) in [4.78, 5) is 0. The van der Waals surface area contributed by atoms with Gasteiger partial charge in [-0.25, -0.2) is 39.5 Å². The number of halogens is 10. The van der Waals surface area contributed by atoms with Crippen LogP contribution in [0.4, 0.5) is 43.9 Å². The Morgan fingerprint density at radius 1 is 0.625 bits per heavy atom. The molecule has 2 aliphatic rings. The van der Waals surface area contributed by atoms with Gasteiger partial charge in [0.2, 0.25) is 5.67 Å². The lowest BCUT2D eigenvalue weighted by molar-refractivity contribution is -0.496. The van der Waals surface area contributed by atoms with E-state index in [1.165, 1.54) is 0 Å². The Labute approximate surface area is 131 Å². The van der Waals surface area contributed by atoms with Crippen molar-refractivity contribution >= 4 is 0 Å². The highest BCUT2D eigenvalue weighted by atomic mass is 19.3. The maximum Gasteiger partial charge on any atom is 0.304 e. The SMILES string of the molecule is CC1(CF)CC2(C)C(F)(F)C(C)(F)C(F)(F)C(C)(C1(F)F)C2(F)F. The summed E-state index contributed by atoms with van der Waals surface area (Å²) in [5.41, 5.74) is -17.0. The molecular weight excluding hydrogens is 358 g/mol. The Kier molecular flexibility index (Phi) is 3.40. The standard InChI is InChI=1S/C14H16F10/c1-7(6-15)5-8(2)12(19,20)9(3,11(7,17)18)14(23,24)10(4,16)13(8,21)22/h5-6H2,1-4H3. The summed E-state index contributed by atoms with van der Waals surface area (Å²) in [5.74, 6) is -21.8. The lowest BCUT2D eigenvalue weighted by Gasteiger charge is -2.69. The highest BCUT2D eigenvalue weighted by Gasteiger charge is 3.00. The predicted octanol–water partition coefficient (Wildman–Crippen LogP) is 5.66. The summed E-state index contributed by atoms with van der Waals surface area (Å²) < 4.78 is 144. The summed E-state index contributed by atoms with van der Waals surface area (Å²) in [6.45, 7) is -2.41. The van der Waals surface area contributed by atoms with E-state index in [0.29, 0.717) is 6.92 Å². The van der Waals surface area contributed by atoms with Gasteiger partial charge < -0.3 is 0 Å². The molecule has 0 saturated heterocycles. The third-order valence-electron chi connectivity index (χ3n) is 6.25. The molecule has 0 nitrogen and oxygen atoms in total. The molecule has 10 heteroatoms. The van der Waals surface area contributed by atoms with Gasteiger partial charge in [0.05, 0.1) is 5.41 Å². The molecular formula is C14H16F10. The van der Waals surface area contributed by atoms with E-state index in [4.69, 9.17) is 0 Å². The minimum Gasteiger partial charge on any atom is -0.250 e. The van der Waals surface area contributed by atoms with Gasteiger partial charge in [0.1, 0.15) is 12.1 Å². The molecule has 0 spiro atoms. The molecule has 24 heavy (non-hydrogen) atoms. The van der Waals surface area contributed by atoms with Gasteiger partial charge in [-0.05, 0) is 27.2 Å². The van der Waals surface area contributed by atoms with E-state index in [1.807, 2.05) is 0 Å². The molecule has 0 aromatic carbocycles. The highest BCUT2D eigenvalue weighted by molar-refractivity contribution is 5.33. The van der Waals surface area contributed by atoms with Crippen LogP contribution in [0.3, 0.4) is 0 Å². The maximum atomic E-state index is 14.7. The van der Waals surface area contributed by atoms with Gasteiger partial charge in [0.25, 0.3) is 17.8 Å². The second-order valence-electron chi connectivity index (χ2n) is 7.63. The van der Waals surface area contributed by atoms with Crippen LogP contribution in [0, 0.1) is 16.2 Å². The molecule has 2 rings (SSSR count). The van der Waals surface area contributed by atoms with Crippen LogP contribution in [0.1, 0.15) is 34.1 Å². The van der Waals surface area contributed by atoms with Crippen molar-refractivity contribution in [2.45, 2.75) is 63.5 Å². The van der Waals surface area contributed by atoms with Crippen LogP contribution in [0.25, 0.3) is 0 Å². The largest absolute Gasteiger partial charge is 0.304 e. The van der Waals surface area contributed by atoms with Gasteiger partial charge in [-0.1, -0.05) is 6.92 Å².